The molecule has 1 heterocycles. The Bertz CT molecular complexity index is 730. The zero-order valence-electron chi connectivity index (χ0n) is 11.4. The van der Waals surface area contributed by atoms with Crippen LogP contribution in [0.5, 0.6) is 0 Å². The summed E-state index contributed by atoms with van der Waals surface area (Å²) in [5.41, 5.74) is 1.78. The van der Waals surface area contributed by atoms with E-state index in [2.05, 4.69) is 25.2 Å². The second kappa shape index (κ2) is 5.41. The average Bonchev–Trinajstić information content (AvgIpc) is 2.42. The molecule has 0 fully saturated rings. The Morgan fingerprint density at radius 2 is 1.75 bits per heavy atom. The predicted molar refractivity (Wildman–Crippen MR) is 76.1 cm³/mol. The minimum Gasteiger partial charge on any atom is -0.387 e. The topological polar surface area (TPSA) is 96.9 Å². The fourth-order valence-electron chi connectivity index (χ4n) is 1.58. The summed E-state index contributed by atoms with van der Waals surface area (Å²) in [5, 5.41) is 10.4. The van der Waals surface area contributed by atoms with Gasteiger partial charge in [-0.15, -0.1) is 5.10 Å². The zero-order chi connectivity index (χ0) is 14.8. The van der Waals surface area contributed by atoms with Crippen molar-refractivity contribution in [2.24, 2.45) is 0 Å². The summed E-state index contributed by atoms with van der Waals surface area (Å²) in [6, 6.07) is 6.57. The van der Waals surface area contributed by atoms with Crippen molar-refractivity contribution in [1.29, 1.82) is 0 Å². The summed E-state index contributed by atoms with van der Waals surface area (Å²) in [6.45, 7) is 3.49. The molecule has 0 aliphatic rings. The minimum atomic E-state index is -3.76. The van der Waals surface area contributed by atoms with Gasteiger partial charge in [-0.3, -0.25) is 0 Å². The molecule has 1 aromatic heterocycles. The number of aromatic nitrogens is 3. The van der Waals surface area contributed by atoms with E-state index in [1.807, 2.05) is 0 Å². The van der Waals surface area contributed by atoms with Crippen LogP contribution in [-0.4, -0.2) is 30.6 Å². The third kappa shape index (κ3) is 2.85. The van der Waals surface area contributed by atoms with Gasteiger partial charge in [0.05, 0.1) is 17.1 Å². The van der Waals surface area contributed by atoms with Crippen molar-refractivity contribution >= 4 is 21.7 Å². The minimum absolute atomic E-state index is 0.0426. The number of sulfonamides is 1. The molecule has 20 heavy (non-hydrogen) atoms. The van der Waals surface area contributed by atoms with E-state index in [9.17, 15) is 8.42 Å². The lowest BCUT2D eigenvalue weighted by Crippen LogP contribution is -2.17. The van der Waals surface area contributed by atoms with E-state index in [1.165, 1.54) is 6.07 Å². The molecule has 0 aliphatic carbocycles. The van der Waals surface area contributed by atoms with Crippen LogP contribution >= 0.6 is 0 Å². The monoisotopic (exact) mass is 293 g/mol. The molecule has 0 radical (unpaired) electrons. The van der Waals surface area contributed by atoms with E-state index in [0.29, 0.717) is 17.1 Å². The van der Waals surface area contributed by atoms with Gasteiger partial charge in [-0.1, -0.05) is 12.1 Å². The predicted octanol–water partition coefficient (Wildman–Crippen LogP) is 1.33. The number of nitrogens with one attached hydrogen (secondary N) is 2. The molecule has 2 N–H and O–H groups in total. The molecule has 2 aromatic rings. The van der Waals surface area contributed by atoms with E-state index in [1.54, 1.807) is 39.1 Å². The largest absolute Gasteiger partial charge is 0.387 e. The number of benzene rings is 1. The van der Waals surface area contributed by atoms with E-state index < -0.39 is 10.0 Å². The van der Waals surface area contributed by atoms with Gasteiger partial charge in [0.25, 0.3) is 16.0 Å². The summed E-state index contributed by atoms with van der Waals surface area (Å²) >= 11 is 0. The first kappa shape index (κ1) is 14.2. The van der Waals surface area contributed by atoms with Crippen molar-refractivity contribution < 1.29 is 8.42 Å². The van der Waals surface area contributed by atoms with Crippen LogP contribution in [0, 0.1) is 13.8 Å². The van der Waals surface area contributed by atoms with Crippen LogP contribution in [0.15, 0.2) is 29.2 Å². The molecule has 0 atom stereocenters. The van der Waals surface area contributed by atoms with Gasteiger partial charge < -0.3 is 5.32 Å². The summed E-state index contributed by atoms with van der Waals surface area (Å²) in [4.78, 5) is 4.18. The third-order valence-corrected chi connectivity index (χ3v) is 4.15. The lowest BCUT2D eigenvalue weighted by Gasteiger charge is -2.10. The summed E-state index contributed by atoms with van der Waals surface area (Å²) in [5.74, 6) is -0.0426. The number of para-hydroxylation sites is 1. The molecular formula is C12H15N5O2S. The average molecular weight is 293 g/mol. The second-order valence-corrected chi connectivity index (χ2v) is 5.81. The quantitative estimate of drug-likeness (QED) is 0.882. The molecule has 0 saturated carbocycles. The Balaban J connectivity index is 2.38. The second-order valence-electron chi connectivity index (χ2n) is 4.16. The van der Waals surface area contributed by atoms with Crippen LogP contribution < -0.4 is 10.0 Å². The van der Waals surface area contributed by atoms with Gasteiger partial charge in [0.1, 0.15) is 4.90 Å². The Labute approximate surface area is 117 Å². The lowest BCUT2D eigenvalue weighted by atomic mass is 10.3. The summed E-state index contributed by atoms with van der Waals surface area (Å²) < 4.78 is 27.0. The van der Waals surface area contributed by atoms with Crippen LogP contribution in [0.2, 0.25) is 0 Å². The van der Waals surface area contributed by atoms with Crippen molar-refractivity contribution in [1.82, 2.24) is 15.2 Å². The van der Waals surface area contributed by atoms with Gasteiger partial charge in [-0.25, -0.2) is 18.1 Å². The molecule has 0 bridgehead atoms. The van der Waals surface area contributed by atoms with E-state index >= 15 is 0 Å². The molecular weight excluding hydrogens is 278 g/mol. The van der Waals surface area contributed by atoms with Gasteiger partial charge in [0, 0.05) is 7.05 Å². The first-order chi connectivity index (χ1) is 9.44. The molecule has 1 aromatic carbocycles. The highest BCUT2D eigenvalue weighted by Gasteiger charge is 2.19. The maximum atomic E-state index is 12.3. The standard InChI is InChI=1S/C12H15N5O2S/c1-8-9(2)15-16-12(14-8)17-20(18,19)11-7-5-4-6-10(11)13-3/h4-7,13H,1-3H3,(H,14,16,17). The van der Waals surface area contributed by atoms with E-state index in [0.717, 1.165) is 0 Å². The molecule has 0 spiro atoms. The zero-order valence-corrected chi connectivity index (χ0v) is 12.2. The van der Waals surface area contributed by atoms with Gasteiger partial charge >= 0.3 is 0 Å². The third-order valence-electron chi connectivity index (χ3n) is 2.76. The smallest absolute Gasteiger partial charge is 0.266 e. The Morgan fingerprint density at radius 3 is 2.40 bits per heavy atom. The number of nitrogens with zero attached hydrogens (tertiary/aromatic N) is 3. The highest BCUT2D eigenvalue weighted by atomic mass is 32.2. The number of aryl methyl sites for hydroxylation is 2. The van der Waals surface area contributed by atoms with Crippen LogP contribution in [0.4, 0.5) is 11.6 Å². The van der Waals surface area contributed by atoms with Gasteiger partial charge in [0.2, 0.25) is 0 Å². The molecule has 7 nitrogen and oxygen atoms in total. The Morgan fingerprint density at radius 1 is 1.05 bits per heavy atom. The van der Waals surface area contributed by atoms with Crippen molar-refractivity contribution in [3.05, 3.63) is 35.7 Å². The van der Waals surface area contributed by atoms with Crippen LogP contribution in [0.3, 0.4) is 0 Å². The number of hydrogen-bond acceptors (Lipinski definition) is 6. The first-order valence-corrected chi connectivity index (χ1v) is 7.40. The Kier molecular flexibility index (Phi) is 3.84. The van der Waals surface area contributed by atoms with E-state index in [-0.39, 0.29) is 10.8 Å². The fourth-order valence-corrected chi connectivity index (χ4v) is 2.74. The summed E-state index contributed by atoms with van der Waals surface area (Å²) in [7, 11) is -2.11. The molecule has 0 saturated heterocycles. The fraction of sp³-hybridized carbons (Fsp3) is 0.250. The SMILES string of the molecule is CNc1ccccc1S(=O)(=O)Nc1nnc(C)c(C)n1. The van der Waals surface area contributed by atoms with Crippen LogP contribution in [-0.2, 0) is 10.0 Å². The first-order valence-electron chi connectivity index (χ1n) is 5.91. The highest BCUT2D eigenvalue weighted by molar-refractivity contribution is 7.92. The Hall–Kier alpha value is -2.22. The van der Waals surface area contributed by atoms with Crippen molar-refractivity contribution in [3.8, 4) is 0 Å². The number of anilines is 2. The lowest BCUT2D eigenvalue weighted by molar-refractivity contribution is 0.601. The molecule has 106 valence electrons. The molecule has 2 rings (SSSR count). The highest BCUT2D eigenvalue weighted by Crippen LogP contribution is 2.21. The summed E-state index contributed by atoms with van der Waals surface area (Å²) in [6.07, 6.45) is 0. The van der Waals surface area contributed by atoms with Crippen LogP contribution in [0.1, 0.15) is 11.4 Å². The molecule has 8 heteroatoms. The van der Waals surface area contributed by atoms with Gasteiger partial charge in [-0.2, -0.15) is 5.10 Å². The van der Waals surface area contributed by atoms with Crippen molar-refractivity contribution in [2.45, 2.75) is 18.7 Å². The maximum Gasteiger partial charge on any atom is 0.266 e. The maximum absolute atomic E-state index is 12.3. The van der Waals surface area contributed by atoms with Crippen molar-refractivity contribution in [2.75, 3.05) is 17.1 Å². The molecule has 0 unspecified atom stereocenters. The van der Waals surface area contributed by atoms with Gasteiger partial charge in [-0.05, 0) is 26.0 Å². The van der Waals surface area contributed by atoms with Crippen LogP contribution in [0.25, 0.3) is 0 Å². The molecule has 0 aliphatic heterocycles. The normalized spacial score (nSPS) is 11.2. The molecule has 0 amide bonds. The number of hydrogen-bond donors (Lipinski definition) is 2. The number of rotatable bonds is 4. The van der Waals surface area contributed by atoms with Crippen molar-refractivity contribution in [3.63, 3.8) is 0 Å². The van der Waals surface area contributed by atoms with Gasteiger partial charge in [0.15, 0.2) is 0 Å². The van der Waals surface area contributed by atoms with E-state index in [4.69, 9.17) is 0 Å².